The average molecular weight is 360 g/mol. The summed E-state index contributed by atoms with van der Waals surface area (Å²) in [5.41, 5.74) is 4.38. The summed E-state index contributed by atoms with van der Waals surface area (Å²) in [6, 6.07) is 19.2. The van der Waals surface area contributed by atoms with Gasteiger partial charge in [0.15, 0.2) is 0 Å². The van der Waals surface area contributed by atoms with Gasteiger partial charge in [-0.05, 0) is 41.5 Å². The molecule has 3 aromatic carbocycles. The Hall–Kier alpha value is -3.31. The number of hydrogen-bond acceptors (Lipinski definition) is 3. The maximum atomic E-state index is 12.4. The molecule has 1 aromatic heterocycles. The van der Waals surface area contributed by atoms with Crippen LogP contribution in [0.5, 0.6) is 5.75 Å². The quantitative estimate of drug-likeness (QED) is 0.503. The number of aromatic nitrogens is 1. The molecule has 4 aromatic rings. The van der Waals surface area contributed by atoms with E-state index in [0.717, 1.165) is 38.7 Å². The summed E-state index contributed by atoms with van der Waals surface area (Å²) in [6.45, 7) is -0.0501. The SMILES string of the molecule is COc1ccc2c(c1)[nH]c1cc(CC(=O)Nc3cccc(CO)c3)ccc12. The van der Waals surface area contributed by atoms with Gasteiger partial charge < -0.3 is 20.1 Å². The first kappa shape index (κ1) is 17.1. The van der Waals surface area contributed by atoms with Crippen LogP contribution in [0, 0.1) is 0 Å². The number of carbonyl (C=O) groups excluding carboxylic acids is 1. The minimum absolute atomic E-state index is 0.0501. The number of hydrogen-bond donors (Lipinski definition) is 3. The first-order valence-corrected chi connectivity index (χ1v) is 8.74. The fourth-order valence-electron chi connectivity index (χ4n) is 3.31. The first-order chi connectivity index (χ1) is 13.2. The Morgan fingerprint density at radius 3 is 2.56 bits per heavy atom. The lowest BCUT2D eigenvalue weighted by Gasteiger charge is -2.07. The highest BCUT2D eigenvalue weighted by atomic mass is 16.5. The molecule has 136 valence electrons. The molecule has 5 heteroatoms. The normalized spacial score (nSPS) is 11.0. The minimum Gasteiger partial charge on any atom is -0.497 e. The van der Waals surface area contributed by atoms with Gasteiger partial charge in [0.05, 0.1) is 25.7 Å². The zero-order valence-electron chi connectivity index (χ0n) is 15.0. The van der Waals surface area contributed by atoms with E-state index in [0.29, 0.717) is 5.69 Å². The van der Waals surface area contributed by atoms with Crippen molar-refractivity contribution in [2.45, 2.75) is 13.0 Å². The van der Waals surface area contributed by atoms with Gasteiger partial charge >= 0.3 is 0 Å². The molecule has 5 nitrogen and oxygen atoms in total. The highest BCUT2D eigenvalue weighted by Gasteiger charge is 2.09. The van der Waals surface area contributed by atoms with Crippen LogP contribution in [0.2, 0.25) is 0 Å². The van der Waals surface area contributed by atoms with Gasteiger partial charge in [0.2, 0.25) is 5.91 Å². The summed E-state index contributed by atoms with van der Waals surface area (Å²) < 4.78 is 5.28. The van der Waals surface area contributed by atoms with E-state index in [-0.39, 0.29) is 18.9 Å². The second-order valence-electron chi connectivity index (χ2n) is 6.50. The maximum Gasteiger partial charge on any atom is 0.228 e. The number of H-pyrrole nitrogens is 1. The number of benzene rings is 3. The van der Waals surface area contributed by atoms with Crippen LogP contribution in [0.3, 0.4) is 0 Å². The summed E-state index contributed by atoms with van der Waals surface area (Å²) in [6.07, 6.45) is 0.276. The highest BCUT2D eigenvalue weighted by molar-refractivity contribution is 6.08. The van der Waals surface area contributed by atoms with Crippen LogP contribution in [0.25, 0.3) is 21.8 Å². The maximum absolute atomic E-state index is 12.4. The molecule has 0 radical (unpaired) electrons. The molecule has 27 heavy (non-hydrogen) atoms. The number of fused-ring (bicyclic) bond motifs is 3. The molecule has 0 saturated carbocycles. The van der Waals surface area contributed by atoms with Gasteiger partial charge in [0.25, 0.3) is 0 Å². The molecule has 0 unspecified atom stereocenters. The van der Waals surface area contributed by atoms with Crippen molar-refractivity contribution < 1.29 is 14.6 Å². The highest BCUT2D eigenvalue weighted by Crippen LogP contribution is 2.29. The van der Waals surface area contributed by atoms with Gasteiger partial charge in [-0.15, -0.1) is 0 Å². The summed E-state index contributed by atoms with van der Waals surface area (Å²) in [4.78, 5) is 15.8. The van der Waals surface area contributed by atoms with Crippen LogP contribution in [0.4, 0.5) is 5.69 Å². The largest absolute Gasteiger partial charge is 0.497 e. The van der Waals surface area contributed by atoms with Crippen LogP contribution in [0.1, 0.15) is 11.1 Å². The van der Waals surface area contributed by atoms with Crippen LogP contribution in [-0.4, -0.2) is 23.1 Å². The van der Waals surface area contributed by atoms with Crippen molar-refractivity contribution in [3.8, 4) is 5.75 Å². The van der Waals surface area contributed by atoms with Crippen molar-refractivity contribution in [1.29, 1.82) is 0 Å². The van der Waals surface area contributed by atoms with E-state index in [1.807, 2.05) is 54.6 Å². The van der Waals surface area contributed by atoms with E-state index < -0.39 is 0 Å². The number of amides is 1. The van der Waals surface area contributed by atoms with Crippen LogP contribution < -0.4 is 10.1 Å². The molecule has 3 N–H and O–H groups in total. The lowest BCUT2D eigenvalue weighted by atomic mass is 10.1. The van der Waals surface area contributed by atoms with Crippen molar-refractivity contribution in [2.24, 2.45) is 0 Å². The van der Waals surface area contributed by atoms with E-state index in [1.165, 1.54) is 0 Å². The summed E-state index contributed by atoms with van der Waals surface area (Å²) in [5, 5.41) is 14.3. The molecule has 4 rings (SSSR count). The van der Waals surface area contributed by atoms with Crippen molar-refractivity contribution in [3.05, 3.63) is 71.8 Å². The zero-order chi connectivity index (χ0) is 18.8. The Morgan fingerprint density at radius 2 is 1.78 bits per heavy atom. The Morgan fingerprint density at radius 1 is 1.00 bits per heavy atom. The molecule has 0 spiro atoms. The number of aliphatic hydroxyl groups is 1. The van der Waals surface area contributed by atoms with Crippen LogP contribution in [0.15, 0.2) is 60.7 Å². The summed E-state index contributed by atoms with van der Waals surface area (Å²) >= 11 is 0. The third kappa shape index (κ3) is 3.50. The Kier molecular flexibility index (Phi) is 4.52. The molecule has 0 atom stereocenters. The number of methoxy groups -OCH3 is 1. The van der Waals surface area contributed by atoms with E-state index in [9.17, 15) is 9.90 Å². The van der Waals surface area contributed by atoms with Gasteiger partial charge in [-0.1, -0.05) is 24.3 Å². The number of rotatable bonds is 5. The molecule has 1 amide bonds. The van der Waals surface area contributed by atoms with E-state index in [2.05, 4.69) is 10.3 Å². The van der Waals surface area contributed by atoms with Crippen LogP contribution in [-0.2, 0) is 17.8 Å². The fraction of sp³-hybridized carbons (Fsp3) is 0.136. The second-order valence-corrected chi connectivity index (χ2v) is 6.50. The molecular weight excluding hydrogens is 340 g/mol. The smallest absolute Gasteiger partial charge is 0.228 e. The molecule has 1 heterocycles. The number of ether oxygens (including phenoxy) is 1. The Bertz CT molecular complexity index is 1130. The predicted octanol–water partition coefficient (Wildman–Crippen LogP) is 4.00. The molecule has 0 aliphatic carbocycles. The van der Waals surface area contributed by atoms with Gasteiger partial charge in [0.1, 0.15) is 5.75 Å². The number of anilines is 1. The Labute approximate surface area is 156 Å². The summed E-state index contributed by atoms with van der Waals surface area (Å²) in [7, 11) is 1.65. The molecule has 0 fully saturated rings. The summed E-state index contributed by atoms with van der Waals surface area (Å²) in [5.74, 6) is 0.709. The topological polar surface area (TPSA) is 74.4 Å². The second kappa shape index (κ2) is 7.13. The van der Waals surface area contributed by atoms with Crippen molar-refractivity contribution >= 4 is 33.4 Å². The first-order valence-electron chi connectivity index (χ1n) is 8.74. The van der Waals surface area contributed by atoms with Crippen molar-refractivity contribution in [2.75, 3.05) is 12.4 Å². The predicted molar refractivity (Wildman–Crippen MR) is 107 cm³/mol. The number of aliphatic hydroxyl groups excluding tert-OH is 1. The lowest BCUT2D eigenvalue weighted by molar-refractivity contribution is -0.115. The van der Waals surface area contributed by atoms with E-state index in [1.54, 1.807) is 13.2 Å². The number of carbonyl (C=O) groups is 1. The monoisotopic (exact) mass is 360 g/mol. The van der Waals surface area contributed by atoms with Crippen molar-refractivity contribution in [1.82, 2.24) is 4.98 Å². The van der Waals surface area contributed by atoms with E-state index in [4.69, 9.17) is 4.74 Å². The lowest BCUT2D eigenvalue weighted by Crippen LogP contribution is -2.14. The number of nitrogens with one attached hydrogen (secondary N) is 2. The third-order valence-corrected chi connectivity index (χ3v) is 4.63. The fourth-order valence-corrected chi connectivity index (χ4v) is 3.31. The molecule has 0 bridgehead atoms. The standard InChI is InChI=1S/C22H20N2O3/c1-27-17-6-8-19-18-7-5-14(10-20(18)24-21(19)12-17)11-22(26)23-16-4-2-3-15(9-16)13-25/h2-10,12,24-25H,11,13H2,1H3,(H,23,26). The molecule has 0 aliphatic rings. The molecule has 0 saturated heterocycles. The van der Waals surface area contributed by atoms with Crippen LogP contribution >= 0.6 is 0 Å². The van der Waals surface area contributed by atoms with Gasteiger partial charge in [-0.25, -0.2) is 0 Å². The van der Waals surface area contributed by atoms with Gasteiger partial charge in [-0.3, -0.25) is 4.79 Å². The van der Waals surface area contributed by atoms with Gasteiger partial charge in [0, 0.05) is 28.0 Å². The Balaban J connectivity index is 1.56. The van der Waals surface area contributed by atoms with E-state index >= 15 is 0 Å². The van der Waals surface area contributed by atoms with Crippen molar-refractivity contribution in [3.63, 3.8) is 0 Å². The third-order valence-electron chi connectivity index (χ3n) is 4.63. The molecular formula is C22H20N2O3. The molecule has 0 aliphatic heterocycles. The minimum atomic E-state index is -0.0952. The average Bonchev–Trinajstić information content (AvgIpc) is 3.04. The van der Waals surface area contributed by atoms with Gasteiger partial charge in [-0.2, -0.15) is 0 Å². The zero-order valence-corrected chi connectivity index (χ0v) is 15.0. The number of aromatic amines is 1.